The van der Waals surface area contributed by atoms with Gasteiger partial charge in [-0.15, -0.1) is 0 Å². The minimum Gasteiger partial charge on any atom is -0.496 e. The summed E-state index contributed by atoms with van der Waals surface area (Å²) in [6.07, 6.45) is 3.96. The molecular formula is C16H25NO2. The first kappa shape index (κ1) is 14.4. The van der Waals surface area contributed by atoms with E-state index in [2.05, 4.69) is 24.4 Å². The fourth-order valence-corrected chi connectivity index (χ4v) is 3.20. The van der Waals surface area contributed by atoms with Gasteiger partial charge in [0.1, 0.15) is 5.75 Å². The zero-order valence-electron chi connectivity index (χ0n) is 12.1. The Morgan fingerprint density at radius 3 is 2.47 bits per heavy atom. The smallest absolute Gasteiger partial charge is 0.121 e. The highest BCUT2D eigenvalue weighted by Gasteiger charge is 2.27. The molecule has 0 heterocycles. The number of nitrogens with one attached hydrogen (secondary N) is 1. The Bertz CT molecular complexity index is 411. The van der Waals surface area contributed by atoms with Crippen molar-refractivity contribution in [3.8, 4) is 5.75 Å². The third kappa shape index (κ3) is 3.28. The summed E-state index contributed by atoms with van der Waals surface area (Å²) in [4.78, 5) is 0. The maximum absolute atomic E-state index is 9.63. The van der Waals surface area contributed by atoms with E-state index in [-0.39, 0.29) is 6.10 Å². The second-order valence-electron chi connectivity index (χ2n) is 5.56. The van der Waals surface area contributed by atoms with Gasteiger partial charge in [0.05, 0.1) is 13.2 Å². The summed E-state index contributed by atoms with van der Waals surface area (Å²) < 4.78 is 5.32. The van der Waals surface area contributed by atoms with Gasteiger partial charge in [0.2, 0.25) is 0 Å². The number of aryl methyl sites for hydroxylation is 1. The van der Waals surface area contributed by atoms with Crippen LogP contribution in [0.1, 0.15) is 42.9 Å². The maximum atomic E-state index is 9.63. The number of hydrogen-bond acceptors (Lipinski definition) is 3. The van der Waals surface area contributed by atoms with Crippen molar-refractivity contribution in [1.82, 2.24) is 5.32 Å². The Labute approximate surface area is 116 Å². The standard InChI is InChI=1S/C16H25NO2/c1-11-10-13(6-9-15(11)19-3)16(17-2)12-4-7-14(18)8-5-12/h6,9-10,12,14,16-18H,4-5,7-8H2,1-3H3. The first-order valence-electron chi connectivity index (χ1n) is 7.15. The third-order valence-corrected chi connectivity index (χ3v) is 4.30. The van der Waals surface area contributed by atoms with Gasteiger partial charge in [-0.25, -0.2) is 0 Å². The lowest BCUT2D eigenvalue weighted by molar-refractivity contribution is 0.0981. The van der Waals surface area contributed by atoms with E-state index in [1.165, 1.54) is 11.1 Å². The van der Waals surface area contributed by atoms with Crippen molar-refractivity contribution in [2.45, 2.75) is 44.8 Å². The van der Waals surface area contributed by atoms with Crippen molar-refractivity contribution in [2.24, 2.45) is 5.92 Å². The van der Waals surface area contributed by atoms with E-state index in [1.54, 1.807) is 7.11 Å². The lowest BCUT2D eigenvalue weighted by Gasteiger charge is -2.32. The molecule has 1 saturated carbocycles. The highest BCUT2D eigenvalue weighted by Crippen LogP contribution is 2.35. The molecule has 0 aliphatic heterocycles. The van der Waals surface area contributed by atoms with E-state index < -0.39 is 0 Å². The van der Waals surface area contributed by atoms with Gasteiger partial charge in [0.15, 0.2) is 0 Å². The number of hydrogen-bond donors (Lipinski definition) is 2. The SMILES string of the molecule is CNC(c1ccc(OC)c(C)c1)C1CCC(O)CC1. The molecule has 2 N–H and O–H groups in total. The highest BCUT2D eigenvalue weighted by molar-refractivity contribution is 5.37. The first-order chi connectivity index (χ1) is 9.15. The molecular weight excluding hydrogens is 238 g/mol. The van der Waals surface area contributed by atoms with Crippen LogP contribution in [0.2, 0.25) is 0 Å². The molecule has 3 nitrogen and oxygen atoms in total. The molecule has 1 unspecified atom stereocenters. The normalized spacial score (nSPS) is 25.1. The Balaban J connectivity index is 2.15. The van der Waals surface area contributed by atoms with Crippen LogP contribution in [0.3, 0.4) is 0 Å². The summed E-state index contributed by atoms with van der Waals surface area (Å²) in [6.45, 7) is 2.08. The van der Waals surface area contributed by atoms with Crippen molar-refractivity contribution in [2.75, 3.05) is 14.2 Å². The molecule has 3 heteroatoms. The molecule has 1 atom stereocenters. The van der Waals surface area contributed by atoms with Crippen LogP contribution in [0.5, 0.6) is 5.75 Å². The Morgan fingerprint density at radius 1 is 1.26 bits per heavy atom. The second-order valence-corrected chi connectivity index (χ2v) is 5.56. The van der Waals surface area contributed by atoms with Crippen molar-refractivity contribution in [3.05, 3.63) is 29.3 Å². The topological polar surface area (TPSA) is 41.5 Å². The van der Waals surface area contributed by atoms with Crippen molar-refractivity contribution in [3.63, 3.8) is 0 Å². The average Bonchev–Trinajstić information content (AvgIpc) is 2.42. The lowest BCUT2D eigenvalue weighted by atomic mass is 9.80. The zero-order valence-corrected chi connectivity index (χ0v) is 12.1. The summed E-state index contributed by atoms with van der Waals surface area (Å²) in [7, 11) is 3.73. The molecule has 1 aliphatic rings. The summed E-state index contributed by atoms with van der Waals surface area (Å²) in [5.74, 6) is 1.55. The van der Waals surface area contributed by atoms with E-state index in [0.717, 1.165) is 31.4 Å². The van der Waals surface area contributed by atoms with Gasteiger partial charge in [-0.2, -0.15) is 0 Å². The Morgan fingerprint density at radius 2 is 1.95 bits per heavy atom. The number of aliphatic hydroxyl groups is 1. The molecule has 0 radical (unpaired) electrons. The molecule has 1 aliphatic carbocycles. The lowest BCUT2D eigenvalue weighted by Crippen LogP contribution is -2.30. The van der Waals surface area contributed by atoms with Crippen LogP contribution >= 0.6 is 0 Å². The maximum Gasteiger partial charge on any atom is 0.121 e. The average molecular weight is 263 g/mol. The first-order valence-corrected chi connectivity index (χ1v) is 7.15. The fourth-order valence-electron chi connectivity index (χ4n) is 3.20. The number of aliphatic hydroxyl groups excluding tert-OH is 1. The van der Waals surface area contributed by atoms with Gasteiger partial charge in [-0.05, 0) is 62.8 Å². The summed E-state index contributed by atoms with van der Waals surface area (Å²) in [6, 6.07) is 6.78. The Hall–Kier alpha value is -1.06. The monoisotopic (exact) mass is 263 g/mol. The predicted octanol–water partition coefficient (Wildman–Crippen LogP) is 2.82. The van der Waals surface area contributed by atoms with Crippen LogP contribution in [-0.4, -0.2) is 25.4 Å². The number of ether oxygens (including phenoxy) is 1. The molecule has 0 aromatic heterocycles. The van der Waals surface area contributed by atoms with Crippen LogP contribution in [-0.2, 0) is 0 Å². The van der Waals surface area contributed by atoms with Gasteiger partial charge in [-0.3, -0.25) is 0 Å². The largest absolute Gasteiger partial charge is 0.496 e. The van der Waals surface area contributed by atoms with Crippen LogP contribution in [0.4, 0.5) is 0 Å². The summed E-state index contributed by atoms with van der Waals surface area (Å²) in [5.41, 5.74) is 2.50. The molecule has 1 fully saturated rings. The molecule has 1 aromatic rings. The van der Waals surface area contributed by atoms with E-state index in [0.29, 0.717) is 12.0 Å². The quantitative estimate of drug-likeness (QED) is 0.877. The molecule has 0 saturated heterocycles. The minimum atomic E-state index is -0.0913. The predicted molar refractivity (Wildman–Crippen MR) is 77.5 cm³/mol. The molecule has 0 bridgehead atoms. The number of methoxy groups -OCH3 is 1. The molecule has 1 aromatic carbocycles. The second kappa shape index (κ2) is 6.40. The van der Waals surface area contributed by atoms with Gasteiger partial charge in [0.25, 0.3) is 0 Å². The number of rotatable bonds is 4. The van der Waals surface area contributed by atoms with Gasteiger partial charge < -0.3 is 15.2 Å². The van der Waals surface area contributed by atoms with Gasteiger partial charge in [-0.1, -0.05) is 12.1 Å². The van der Waals surface area contributed by atoms with E-state index in [1.807, 2.05) is 13.1 Å². The van der Waals surface area contributed by atoms with Gasteiger partial charge in [0, 0.05) is 6.04 Å². The van der Waals surface area contributed by atoms with E-state index >= 15 is 0 Å². The fraction of sp³-hybridized carbons (Fsp3) is 0.625. The molecule has 106 valence electrons. The van der Waals surface area contributed by atoms with E-state index in [9.17, 15) is 5.11 Å². The van der Waals surface area contributed by atoms with Crippen LogP contribution in [0, 0.1) is 12.8 Å². The minimum absolute atomic E-state index is 0.0913. The van der Waals surface area contributed by atoms with Crippen LogP contribution in [0.25, 0.3) is 0 Å². The molecule has 0 amide bonds. The molecule has 2 rings (SSSR count). The van der Waals surface area contributed by atoms with Gasteiger partial charge >= 0.3 is 0 Å². The summed E-state index contributed by atoms with van der Waals surface area (Å²) in [5, 5.41) is 13.1. The summed E-state index contributed by atoms with van der Waals surface area (Å²) >= 11 is 0. The zero-order chi connectivity index (χ0) is 13.8. The number of benzene rings is 1. The van der Waals surface area contributed by atoms with E-state index in [4.69, 9.17) is 4.74 Å². The molecule has 0 spiro atoms. The van der Waals surface area contributed by atoms with Crippen LogP contribution < -0.4 is 10.1 Å². The Kier molecular flexibility index (Phi) is 4.83. The highest BCUT2D eigenvalue weighted by atomic mass is 16.5. The van der Waals surface area contributed by atoms with Crippen molar-refractivity contribution < 1.29 is 9.84 Å². The van der Waals surface area contributed by atoms with Crippen molar-refractivity contribution >= 4 is 0 Å². The van der Waals surface area contributed by atoms with Crippen molar-refractivity contribution in [1.29, 1.82) is 0 Å². The van der Waals surface area contributed by atoms with Crippen LogP contribution in [0.15, 0.2) is 18.2 Å². The third-order valence-electron chi connectivity index (χ3n) is 4.30. The molecule has 19 heavy (non-hydrogen) atoms.